The Bertz CT molecular complexity index is 1920. The van der Waals surface area contributed by atoms with Gasteiger partial charge in [-0.2, -0.15) is 0 Å². The molecule has 6 aromatic carbocycles. The van der Waals surface area contributed by atoms with Crippen molar-refractivity contribution < 1.29 is 0 Å². The maximum atomic E-state index is 3.95. The summed E-state index contributed by atoms with van der Waals surface area (Å²) in [5, 5.41) is 0. The Labute approximate surface area is 290 Å². The van der Waals surface area contributed by atoms with E-state index in [0.29, 0.717) is 0 Å². The molecule has 0 saturated carbocycles. The molecule has 0 amide bonds. The second-order valence-electron chi connectivity index (χ2n) is 12.9. The van der Waals surface area contributed by atoms with Crippen molar-refractivity contribution in [1.29, 1.82) is 0 Å². The van der Waals surface area contributed by atoms with Gasteiger partial charge in [-0.1, -0.05) is 125 Å². The van der Waals surface area contributed by atoms with Crippen molar-refractivity contribution in [3.8, 4) is 11.1 Å². The van der Waals surface area contributed by atoms with E-state index >= 15 is 0 Å². The Morgan fingerprint density at radius 3 is 0.857 bits per heavy atom. The molecule has 1 aliphatic rings. The lowest BCUT2D eigenvalue weighted by Gasteiger charge is -2.29. The van der Waals surface area contributed by atoms with E-state index in [0.717, 1.165) is 56.4 Å². The molecule has 0 saturated heterocycles. The Morgan fingerprint density at radius 2 is 0.612 bits per heavy atom. The molecule has 2 heteroatoms. The lowest BCUT2D eigenvalue weighted by atomic mass is 9.82. The maximum Gasteiger partial charge on any atom is 0.0465 e. The SMILES string of the molecule is C=Cc1ccc(N(c2ccc(C=C)cc2)c2ccc3c(c2)C(C)(C)c2cc(N(c4ccc(C=C)cc4)c4ccc(C=C)cc4)ccc2-3)cc1. The third-order valence-corrected chi connectivity index (χ3v) is 9.71. The van der Waals surface area contributed by atoms with Gasteiger partial charge in [0.1, 0.15) is 0 Å². The van der Waals surface area contributed by atoms with E-state index in [1.165, 1.54) is 22.3 Å². The summed E-state index contributed by atoms with van der Waals surface area (Å²) in [6.07, 6.45) is 7.52. The number of nitrogens with zero attached hydrogens (tertiary/aromatic N) is 2. The highest BCUT2D eigenvalue weighted by atomic mass is 15.1. The first kappa shape index (κ1) is 31.5. The number of rotatable bonds is 10. The quantitative estimate of drug-likeness (QED) is 0.148. The largest absolute Gasteiger partial charge is 0.310 e. The van der Waals surface area contributed by atoms with E-state index in [2.05, 4.69) is 183 Å². The van der Waals surface area contributed by atoms with Crippen molar-refractivity contribution in [2.45, 2.75) is 19.3 Å². The van der Waals surface area contributed by atoms with Crippen molar-refractivity contribution in [3.05, 3.63) is 193 Å². The summed E-state index contributed by atoms with van der Waals surface area (Å²) in [6.45, 7) is 20.5. The van der Waals surface area contributed by atoms with E-state index < -0.39 is 0 Å². The fourth-order valence-electron chi connectivity index (χ4n) is 6.92. The van der Waals surface area contributed by atoms with E-state index in [1.54, 1.807) is 0 Å². The van der Waals surface area contributed by atoms with Crippen LogP contribution in [0.1, 0.15) is 47.2 Å². The lowest BCUT2D eigenvalue weighted by Crippen LogP contribution is -2.17. The molecule has 0 radical (unpaired) electrons. The Morgan fingerprint density at radius 1 is 0.367 bits per heavy atom. The second-order valence-corrected chi connectivity index (χ2v) is 12.9. The predicted molar refractivity (Wildman–Crippen MR) is 214 cm³/mol. The third-order valence-electron chi connectivity index (χ3n) is 9.71. The summed E-state index contributed by atoms with van der Waals surface area (Å²) in [5.41, 5.74) is 15.9. The van der Waals surface area contributed by atoms with Crippen molar-refractivity contribution in [1.82, 2.24) is 0 Å². The Kier molecular flexibility index (Phi) is 8.24. The monoisotopic (exact) mass is 632 g/mol. The van der Waals surface area contributed by atoms with Gasteiger partial charge in [0.05, 0.1) is 0 Å². The van der Waals surface area contributed by atoms with E-state index in [1.807, 2.05) is 24.3 Å². The molecular formula is C47H40N2. The summed E-state index contributed by atoms with van der Waals surface area (Å²) >= 11 is 0. The molecule has 1 aliphatic carbocycles. The molecule has 2 nitrogen and oxygen atoms in total. The van der Waals surface area contributed by atoms with Crippen LogP contribution in [0.5, 0.6) is 0 Å². The Hall–Kier alpha value is -6.12. The molecule has 0 aliphatic heterocycles. The van der Waals surface area contributed by atoms with Gasteiger partial charge in [-0.3, -0.25) is 0 Å². The first-order chi connectivity index (χ1) is 23.8. The number of hydrogen-bond donors (Lipinski definition) is 0. The molecule has 0 bridgehead atoms. The summed E-state index contributed by atoms with van der Waals surface area (Å²) in [7, 11) is 0. The summed E-state index contributed by atoms with van der Waals surface area (Å²) in [5.74, 6) is 0. The van der Waals surface area contributed by atoms with Crippen LogP contribution in [0.15, 0.2) is 160 Å². The highest BCUT2D eigenvalue weighted by Gasteiger charge is 2.37. The van der Waals surface area contributed by atoms with Crippen LogP contribution in [0.4, 0.5) is 34.1 Å². The first-order valence-electron chi connectivity index (χ1n) is 16.6. The average molecular weight is 633 g/mol. The van der Waals surface area contributed by atoms with Gasteiger partial charge in [0.15, 0.2) is 0 Å². The first-order valence-corrected chi connectivity index (χ1v) is 16.6. The average Bonchev–Trinajstić information content (AvgIpc) is 3.38. The fourth-order valence-corrected chi connectivity index (χ4v) is 6.92. The minimum atomic E-state index is -0.229. The predicted octanol–water partition coefficient (Wildman–Crippen LogP) is 13.5. The number of hydrogen-bond acceptors (Lipinski definition) is 2. The van der Waals surface area contributed by atoms with Crippen LogP contribution >= 0.6 is 0 Å². The smallest absolute Gasteiger partial charge is 0.0465 e. The van der Waals surface area contributed by atoms with Gasteiger partial charge in [0.25, 0.3) is 0 Å². The summed E-state index contributed by atoms with van der Waals surface area (Å²) in [4.78, 5) is 4.65. The number of fused-ring (bicyclic) bond motifs is 3. The van der Waals surface area contributed by atoms with E-state index in [-0.39, 0.29) is 5.41 Å². The molecule has 0 aromatic heterocycles. The fraction of sp³-hybridized carbons (Fsp3) is 0.0638. The molecule has 0 N–H and O–H groups in total. The lowest BCUT2D eigenvalue weighted by molar-refractivity contribution is 0.660. The molecule has 0 heterocycles. The van der Waals surface area contributed by atoms with Crippen LogP contribution in [-0.4, -0.2) is 0 Å². The van der Waals surface area contributed by atoms with Crippen LogP contribution in [0.3, 0.4) is 0 Å². The van der Waals surface area contributed by atoms with Gasteiger partial charge in [0.2, 0.25) is 0 Å². The summed E-state index contributed by atoms with van der Waals surface area (Å²) in [6, 6.07) is 48.0. The van der Waals surface area contributed by atoms with E-state index in [9.17, 15) is 0 Å². The van der Waals surface area contributed by atoms with Crippen molar-refractivity contribution >= 4 is 58.4 Å². The van der Waals surface area contributed by atoms with Gasteiger partial charge in [-0.15, -0.1) is 0 Å². The zero-order valence-corrected chi connectivity index (χ0v) is 28.2. The van der Waals surface area contributed by atoms with Crippen LogP contribution in [0.2, 0.25) is 0 Å². The molecule has 238 valence electrons. The standard InChI is InChI=1S/C47H40N2/c1-7-33-11-19-37(20-12-33)48(38-21-13-34(8-2)14-22-38)41-27-29-43-44-30-28-42(32-46(44)47(5,6)45(43)31-41)49(39-23-15-35(9-3)16-24-39)40-25-17-36(10-4)18-26-40/h7-32H,1-4H2,5-6H3. The van der Waals surface area contributed by atoms with Crippen LogP contribution in [0, 0.1) is 0 Å². The zero-order chi connectivity index (χ0) is 34.1. The van der Waals surface area contributed by atoms with Gasteiger partial charge in [0, 0.05) is 39.5 Å². The molecular weight excluding hydrogens is 593 g/mol. The molecule has 6 aromatic rings. The molecule has 0 fully saturated rings. The third kappa shape index (κ3) is 5.72. The van der Waals surface area contributed by atoms with Crippen LogP contribution in [0.25, 0.3) is 35.4 Å². The molecule has 7 rings (SSSR count). The topological polar surface area (TPSA) is 6.48 Å². The van der Waals surface area contributed by atoms with Gasteiger partial charge in [-0.05, 0) is 117 Å². The van der Waals surface area contributed by atoms with Gasteiger partial charge in [-0.25, -0.2) is 0 Å². The van der Waals surface area contributed by atoms with Crippen molar-refractivity contribution in [3.63, 3.8) is 0 Å². The molecule has 0 spiro atoms. The van der Waals surface area contributed by atoms with Gasteiger partial charge < -0.3 is 9.80 Å². The highest BCUT2D eigenvalue weighted by Crippen LogP contribution is 2.52. The number of anilines is 6. The van der Waals surface area contributed by atoms with Gasteiger partial charge >= 0.3 is 0 Å². The maximum absolute atomic E-state index is 3.95. The minimum absolute atomic E-state index is 0.229. The minimum Gasteiger partial charge on any atom is -0.310 e. The van der Waals surface area contributed by atoms with Crippen LogP contribution < -0.4 is 9.80 Å². The van der Waals surface area contributed by atoms with Crippen LogP contribution in [-0.2, 0) is 5.41 Å². The zero-order valence-electron chi connectivity index (χ0n) is 28.2. The number of benzene rings is 6. The molecule has 49 heavy (non-hydrogen) atoms. The van der Waals surface area contributed by atoms with Crippen molar-refractivity contribution in [2.24, 2.45) is 0 Å². The molecule has 0 atom stereocenters. The highest BCUT2D eigenvalue weighted by molar-refractivity contribution is 5.88. The summed E-state index contributed by atoms with van der Waals surface area (Å²) < 4.78 is 0. The van der Waals surface area contributed by atoms with Crippen molar-refractivity contribution in [2.75, 3.05) is 9.80 Å². The second kappa shape index (κ2) is 12.8. The Balaban J connectivity index is 1.33. The molecule has 0 unspecified atom stereocenters. The normalized spacial score (nSPS) is 12.4. The van der Waals surface area contributed by atoms with E-state index in [4.69, 9.17) is 0 Å².